The first kappa shape index (κ1) is 14.0. The zero-order valence-corrected chi connectivity index (χ0v) is 12.6. The average Bonchev–Trinajstić information content (AvgIpc) is 2.68. The minimum absolute atomic E-state index is 0.611. The molecule has 2 rings (SSSR count). The number of ether oxygens (including phenoxy) is 1. The Labute approximate surface area is 121 Å². The number of nitrogens with zero attached hydrogens (tertiary/aromatic N) is 1. The number of halogens is 1. The van der Waals surface area contributed by atoms with E-state index in [0.717, 1.165) is 34.3 Å². The van der Waals surface area contributed by atoms with Gasteiger partial charge in [0.2, 0.25) is 0 Å². The zero-order chi connectivity index (χ0) is 13.8. The lowest BCUT2D eigenvalue weighted by Crippen LogP contribution is -2.07. The van der Waals surface area contributed by atoms with Gasteiger partial charge in [0.25, 0.3) is 0 Å². The van der Waals surface area contributed by atoms with Gasteiger partial charge in [-0.1, -0.05) is 30.3 Å². The third-order valence-electron chi connectivity index (χ3n) is 3.19. The highest BCUT2D eigenvalue weighted by molar-refractivity contribution is 9.10. The van der Waals surface area contributed by atoms with Crippen molar-refractivity contribution in [3.8, 4) is 11.3 Å². The van der Waals surface area contributed by atoms with E-state index in [2.05, 4.69) is 20.5 Å². The fraction of sp³-hybridized carbons (Fsp3) is 0.267. The molecule has 0 N–H and O–H groups in total. The van der Waals surface area contributed by atoms with E-state index < -0.39 is 0 Å². The molecule has 1 aromatic carbocycles. The molecule has 0 radical (unpaired) electrons. The van der Waals surface area contributed by atoms with Crippen molar-refractivity contribution in [3.63, 3.8) is 0 Å². The van der Waals surface area contributed by atoms with E-state index in [1.165, 1.54) is 0 Å². The molecular weight excluding hydrogens is 306 g/mol. The van der Waals surface area contributed by atoms with Crippen molar-refractivity contribution in [2.24, 2.45) is 0 Å². The number of hydrogen-bond acceptors (Lipinski definition) is 2. The number of rotatable bonds is 5. The molecule has 0 unspecified atom stereocenters. The van der Waals surface area contributed by atoms with Gasteiger partial charge in [-0.2, -0.15) is 0 Å². The van der Waals surface area contributed by atoms with Crippen LogP contribution in [0, 0.1) is 6.92 Å². The number of carbonyl (C=O) groups is 1. The second-order valence-electron chi connectivity index (χ2n) is 4.29. The van der Waals surface area contributed by atoms with Crippen LogP contribution in [0.5, 0.6) is 0 Å². The highest BCUT2D eigenvalue weighted by Gasteiger charge is 2.19. The minimum atomic E-state index is 0.611. The Morgan fingerprint density at radius 3 is 2.58 bits per heavy atom. The van der Waals surface area contributed by atoms with Crippen molar-refractivity contribution in [2.75, 3.05) is 13.7 Å². The van der Waals surface area contributed by atoms with Crippen LogP contribution in [0.3, 0.4) is 0 Å². The van der Waals surface area contributed by atoms with E-state index >= 15 is 0 Å². The van der Waals surface area contributed by atoms with Crippen molar-refractivity contribution in [2.45, 2.75) is 13.5 Å². The van der Waals surface area contributed by atoms with Crippen LogP contribution in [0.1, 0.15) is 16.1 Å². The molecule has 0 aliphatic carbocycles. The first-order valence-electron chi connectivity index (χ1n) is 6.08. The fourth-order valence-electron chi connectivity index (χ4n) is 2.20. The monoisotopic (exact) mass is 321 g/mol. The number of aldehydes is 1. The minimum Gasteiger partial charge on any atom is -0.383 e. The largest absolute Gasteiger partial charge is 0.383 e. The normalized spacial score (nSPS) is 10.7. The number of benzene rings is 1. The Kier molecular flexibility index (Phi) is 4.56. The van der Waals surface area contributed by atoms with E-state index in [1.807, 2.05) is 37.3 Å². The van der Waals surface area contributed by atoms with E-state index in [-0.39, 0.29) is 0 Å². The zero-order valence-electron chi connectivity index (χ0n) is 11.0. The van der Waals surface area contributed by atoms with Crippen LogP contribution < -0.4 is 0 Å². The molecule has 3 nitrogen and oxygen atoms in total. The average molecular weight is 322 g/mol. The van der Waals surface area contributed by atoms with Gasteiger partial charge in [-0.25, -0.2) is 0 Å². The van der Waals surface area contributed by atoms with Gasteiger partial charge in [0, 0.05) is 24.9 Å². The first-order valence-corrected chi connectivity index (χ1v) is 6.88. The standard InChI is InChI=1S/C15H16BrNO2/c1-11-13(10-18)14(16)15(17(11)8-9-19-2)12-6-4-3-5-7-12/h3-7,10H,8-9H2,1-2H3. The highest BCUT2D eigenvalue weighted by atomic mass is 79.9. The molecule has 4 heteroatoms. The molecule has 1 aromatic heterocycles. The maximum atomic E-state index is 11.2. The lowest BCUT2D eigenvalue weighted by Gasteiger charge is -2.11. The van der Waals surface area contributed by atoms with Gasteiger partial charge in [0.15, 0.2) is 6.29 Å². The van der Waals surface area contributed by atoms with E-state index in [1.54, 1.807) is 7.11 Å². The molecule has 0 aliphatic heterocycles. The maximum Gasteiger partial charge on any atom is 0.153 e. The number of methoxy groups -OCH3 is 1. The Hall–Kier alpha value is -1.39. The van der Waals surface area contributed by atoms with Crippen LogP contribution in [-0.2, 0) is 11.3 Å². The molecule has 100 valence electrons. The Morgan fingerprint density at radius 2 is 2.00 bits per heavy atom. The summed E-state index contributed by atoms with van der Waals surface area (Å²) in [4.78, 5) is 11.2. The first-order chi connectivity index (χ1) is 9.20. The molecule has 2 aromatic rings. The summed E-state index contributed by atoms with van der Waals surface area (Å²) in [5.41, 5.74) is 3.77. The summed E-state index contributed by atoms with van der Waals surface area (Å²) in [5.74, 6) is 0. The van der Waals surface area contributed by atoms with Crippen LogP contribution in [0.25, 0.3) is 11.3 Å². The van der Waals surface area contributed by atoms with Crippen LogP contribution in [0.15, 0.2) is 34.8 Å². The molecule has 0 saturated heterocycles. The molecule has 1 heterocycles. The Bertz CT molecular complexity index is 576. The molecule has 0 aliphatic rings. The summed E-state index contributed by atoms with van der Waals surface area (Å²) in [5, 5.41) is 0. The van der Waals surface area contributed by atoms with Gasteiger partial charge in [0.1, 0.15) is 0 Å². The summed E-state index contributed by atoms with van der Waals surface area (Å²) < 4.78 is 8.12. The Balaban J connectivity index is 2.60. The number of carbonyl (C=O) groups excluding carboxylic acids is 1. The molecule has 0 saturated carbocycles. The predicted molar refractivity (Wildman–Crippen MR) is 79.6 cm³/mol. The highest BCUT2D eigenvalue weighted by Crippen LogP contribution is 2.34. The molecule has 0 atom stereocenters. The molecule has 0 fully saturated rings. The van der Waals surface area contributed by atoms with Crippen LogP contribution in [0.2, 0.25) is 0 Å². The summed E-state index contributed by atoms with van der Waals surface area (Å²) in [6.45, 7) is 3.29. The molecular formula is C15H16BrNO2. The van der Waals surface area contributed by atoms with Crippen molar-refractivity contribution in [3.05, 3.63) is 46.1 Å². The van der Waals surface area contributed by atoms with E-state index in [0.29, 0.717) is 12.2 Å². The second kappa shape index (κ2) is 6.17. The predicted octanol–water partition coefficient (Wildman–Crippen LogP) is 3.68. The van der Waals surface area contributed by atoms with Crippen LogP contribution in [0.4, 0.5) is 0 Å². The fourth-order valence-corrected chi connectivity index (χ4v) is 3.02. The van der Waals surface area contributed by atoms with Crippen molar-refractivity contribution in [1.82, 2.24) is 4.57 Å². The van der Waals surface area contributed by atoms with Crippen LogP contribution in [-0.4, -0.2) is 24.6 Å². The van der Waals surface area contributed by atoms with Crippen molar-refractivity contribution in [1.29, 1.82) is 0 Å². The lowest BCUT2D eigenvalue weighted by molar-refractivity contribution is 0.112. The summed E-state index contributed by atoms with van der Waals surface area (Å²) in [6.07, 6.45) is 0.898. The smallest absolute Gasteiger partial charge is 0.153 e. The summed E-state index contributed by atoms with van der Waals surface area (Å²) in [7, 11) is 1.68. The van der Waals surface area contributed by atoms with Gasteiger partial charge in [-0.3, -0.25) is 4.79 Å². The third-order valence-corrected chi connectivity index (χ3v) is 4.00. The van der Waals surface area contributed by atoms with Gasteiger partial charge in [-0.15, -0.1) is 0 Å². The Morgan fingerprint density at radius 1 is 1.32 bits per heavy atom. The van der Waals surface area contributed by atoms with Crippen molar-refractivity contribution < 1.29 is 9.53 Å². The third kappa shape index (κ3) is 2.65. The number of hydrogen-bond donors (Lipinski definition) is 0. The van der Waals surface area contributed by atoms with Gasteiger partial charge in [0.05, 0.1) is 16.8 Å². The SMILES string of the molecule is COCCn1c(C)c(C=O)c(Br)c1-c1ccccc1. The maximum absolute atomic E-state index is 11.2. The van der Waals surface area contributed by atoms with Gasteiger partial charge < -0.3 is 9.30 Å². The summed E-state index contributed by atoms with van der Waals surface area (Å²) >= 11 is 3.55. The van der Waals surface area contributed by atoms with Crippen LogP contribution >= 0.6 is 15.9 Å². The lowest BCUT2D eigenvalue weighted by atomic mass is 10.1. The van der Waals surface area contributed by atoms with Gasteiger partial charge >= 0.3 is 0 Å². The van der Waals surface area contributed by atoms with E-state index in [9.17, 15) is 4.79 Å². The quantitative estimate of drug-likeness (QED) is 0.786. The molecule has 0 bridgehead atoms. The number of aromatic nitrogens is 1. The van der Waals surface area contributed by atoms with Crippen molar-refractivity contribution >= 4 is 22.2 Å². The molecule has 19 heavy (non-hydrogen) atoms. The molecule has 0 spiro atoms. The molecule has 0 amide bonds. The second-order valence-corrected chi connectivity index (χ2v) is 5.08. The topological polar surface area (TPSA) is 31.2 Å². The van der Waals surface area contributed by atoms with E-state index in [4.69, 9.17) is 4.74 Å². The van der Waals surface area contributed by atoms with Gasteiger partial charge in [-0.05, 0) is 28.4 Å². The summed E-state index contributed by atoms with van der Waals surface area (Å²) in [6, 6.07) is 10.0.